The highest BCUT2D eigenvalue weighted by Crippen LogP contribution is 2.27. The van der Waals surface area contributed by atoms with Gasteiger partial charge in [0, 0.05) is 6.54 Å². The highest BCUT2D eigenvalue weighted by molar-refractivity contribution is 5.88. The Kier molecular flexibility index (Phi) is 9.30. The second kappa shape index (κ2) is 11.7. The van der Waals surface area contributed by atoms with Crippen molar-refractivity contribution in [3.63, 3.8) is 0 Å². The molecule has 1 aromatic rings. The molecule has 0 bridgehead atoms. The molecule has 1 aliphatic carbocycles. The van der Waals surface area contributed by atoms with E-state index in [-0.39, 0.29) is 12.3 Å². The van der Waals surface area contributed by atoms with E-state index in [1.165, 1.54) is 6.42 Å². The lowest BCUT2D eigenvalue weighted by atomic mass is 9.84. The number of amides is 3. The summed E-state index contributed by atoms with van der Waals surface area (Å²) in [6, 6.07) is 6.62. The molecular weight excluding hydrogens is 396 g/mol. The highest BCUT2D eigenvalue weighted by Gasteiger charge is 2.28. The Morgan fingerprint density at radius 2 is 1.65 bits per heavy atom. The van der Waals surface area contributed by atoms with E-state index in [0.29, 0.717) is 18.9 Å². The van der Waals surface area contributed by atoms with E-state index in [2.05, 4.69) is 16.2 Å². The van der Waals surface area contributed by atoms with Crippen LogP contribution in [0.5, 0.6) is 0 Å². The quantitative estimate of drug-likeness (QED) is 0.494. The van der Waals surface area contributed by atoms with Crippen LogP contribution in [-0.2, 0) is 27.3 Å². The summed E-state index contributed by atoms with van der Waals surface area (Å²) >= 11 is 0. The average molecular weight is 433 g/mol. The largest absolute Gasteiger partial charge is 0.444 e. The van der Waals surface area contributed by atoms with Gasteiger partial charge in [-0.25, -0.2) is 4.79 Å². The van der Waals surface area contributed by atoms with Crippen LogP contribution in [-0.4, -0.2) is 29.6 Å². The van der Waals surface area contributed by atoms with E-state index < -0.39 is 23.6 Å². The van der Waals surface area contributed by atoms with Crippen LogP contribution < -0.4 is 21.9 Å². The maximum Gasteiger partial charge on any atom is 0.408 e. The van der Waals surface area contributed by atoms with Gasteiger partial charge in [0.2, 0.25) is 5.91 Å². The number of ether oxygens (including phenoxy) is 1. The Balaban J connectivity index is 1.91. The minimum atomic E-state index is -0.776. The molecule has 1 atom stereocenters. The number of nitrogens with one attached hydrogen (secondary N) is 3. The number of nitrogens with two attached hydrogens (primary N) is 1. The van der Waals surface area contributed by atoms with Crippen LogP contribution >= 0.6 is 0 Å². The van der Waals surface area contributed by atoms with Gasteiger partial charge in [0.05, 0.1) is 6.42 Å². The van der Waals surface area contributed by atoms with Gasteiger partial charge in [-0.3, -0.25) is 20.4 Å². The number of benzene rings is 1. The molecule has 1 fully saturated rings. The highest BCUT2D eigenvalue weighted by atomic mass is 16.6. The first kappa shape index (κ1) is 24.7. The lowest BCUT2D eigenvalue weighted by Crippen LogP contribution is -2.53. The van der Waals surface area contributed by atoms with Crippen molar-refractivity contribution in [2.45, 2.75) is 83.9 Å². The number of hydrogen-bond donors (Lipinski definition) is 4. The molecule has 3 amide bonds. The predicted molar refractivity (Wildman–Crippen MR) is 119 cm³/mol. The van der Waals surface area contributed by atoms with Crippen LogP contribution in [0, 0.1) is 5.92 Å². The SMILES string of the molecule is CC(C)(C)OC(=O)N[C@H](CC1CCCCC1)C(=O)NNC(=O)Cc1ccc(CN)cc1. The fourth-order valence-corrected chi connectivity index (χ4v) is 3.68. The molecule has 8 nitrogen and oxygen atoms in total. The van der Waals surface area contributed by atoms with Crippen molar-refractivity contribution in [1.29, 1.82) is 0 Å². The molecule has 31 heavy (non-hydrogen) atoms. The summed E-state index contributed by atoms with van der Waals surface area (Å²) in [6.45, 7) is 5.74. The number of carbonyl (C=O) groups is 3. The van der Waals surface area contributed by atoms with Crippen LogP contribution in [0.1, 0.15) is 70.4 Å². The Labute approximate surface area is 184 Å². The minimum absolute atomic E-state index is 0.123. The molecule has 0 aliphatic heterocycles. The van der Waals surface area contributed by atoms with Gasteiger partial charge >= 0.3 is 6.09 Å². The molecule has 0 radical (unpaired) electrons. The molecular formula is C23H36N4O4. The fraction of sp³-hybridized carbons (Fsp3) is 0.609. The molecule has 172 valence electrons. The Morgan fingerprint density at radius 3 is 2.23 bits per heavy atom. The van der Waals surface area contributed by atoms with Crippen LogP contribution in [0.25, 0.3) is 0 Å². The van der Waals surface area contributed by atoms with E-state index in [4.69, 9.17) is 10.5 Å². The van der Waals surface area contributed by atoms with Gasteiger partial charge in [-0.15, -0.1) is 0 Å². The molecule has 0 aromatic heterocycles. The third-order valence-corrected chi connectivity index (χ3v) is 5.25. The monoisotopic (exact) mass is 432 g/mol. The summed E-state index contributed by atoms with van der Waals surface area (Å²) in [6.07, 6.45) is 5.52. The van der Waals surface area contributed by atoms with Crippen LogP contribution in [0.3, 0.4) is 0 Å². The zero-order chi connectivity index (χ0) is 22.9. The zero-order valence-electron chi connectivity index (χ0n) is 18.8. The molecule has 0 heterocycles. The van der Waals surface area contributed by atoms with E-state index in [9.17, 15) is 14.4 Å². The first-order valence-electron chi connectivity index (χ1n) is 11.0. The average Bonchev–Trinajstić information content (AvgIpc) is 2.71. The molecule has 2 rings (SSSR count). The van der Waals surface area contributed by atoms with E-state index in [1.807, 2.05) is 24.3 Å². The van der Waals surface area contributed by atoms with Crippen LogP contribution in [0.2, 0.25) is 0 Å². The van der Waals surface area contributed by atoms with E-state index >= 15 is 0 Å². The topological polar surface area (TPSA) is 123 Å². The van der Waals surface area contributed by atoms with Gasteiger partial charge in [0.25, 0.3) is 5.91 Å². The Bertz CT molecular complexity index is 737. The third-order valence-electron chi connectivity index (χ3n) is 5.25. The van der Waals surface area contributed by atoms with Crippen LogP contribution in [0.15, 0.2) is 24.3 Å². The summed E-state index contributed by atoms with van der Waals surface area (Å²) in [5.74, 6) is -0.443. The third kappa shape index (κ3) is 9.38. The zero-order valence-corrected chi connectivity index (χ0v) is 18.8. The molecule has 1 aliphatic rings. The van der Waals surface area contributed by atoms with Gasteiger partial charge in [-0.05, 0) is 44.2 Å². The lowest BCUT2D eigenvalue weighted by molar-refractivity contribution is -0.130. The smallest absolute Gasteiger partial charge is 0.408 e. The molecule has 5 N–H and O–H groups in total. The summed E-state index contributed by atoms with van der Waals surface area (Å²) in [7, 11) is 0. The second-order valence-corrected chi connectivity index (χ2v) is 9.17. The summed E-state index contributed by atoms with van der Waals surface area (Å²) in [5, 5.41) is 2.67. The van der Waals surface area contributed by atoms with E-state index in [0.717, 1.165) is 36.8 Å². The molecule has 1 saturated carbocycles. The number of carbonyl (C=O) groups excluding carboxylic acids is 3. The number of hydrogen-bond acceptors (Lipinski definition) is 5. The standard InChI is InChI=1S/C23H36N4O4/c1-23(2,3)31-22(30)25-19(13-16-7-5-4-6-8-16)21(29)27-26-20(28)14-17-9-11-18(15-24)12-10-17/h9-12,16,19H,4-8,13-15,24H2,1-3H3,(H,25,30)(H,26,28)(H,27,29)/t19-/m1/s1. The van der Waals surface area contributed by atoms with Gasteiger partial charge < -0.3 is 15.8 Å². The van der Waals surface area contributed by atoms with Crippen molar-refractivity contribution >= 4 is 17.9 Å². The molecule has 0 saturated heterocycles. The van der Waals surface area contributed by atoms with Gasteiger partial charge in [0.15, 0.2) is 0 Å². The molecule has 0 unspecified atom stereocenters. The van der Waals surface area contributed by atoms with Crippen LogP contribution in [0.4, 0.5) is 4.79 Å². The van der Waals surface area contributed by atoms with Gasteiger partial charge in [-0.2, -0.15) is 0 Å². The van der Waals surface area contributed by atoms with Crippen molar-refractivity contribution < 1.29 is 19.1 Å². The fourth-order valence-electron chi connectivity index (χ4n) is 3.68. The normalized spacial score (nSPS) is 15.6. The minimum Gasteiger partial charge on any atom is -0.444 e. The van der Waals surface area contributed by atoms with Crippen molar-refractivity contribution in [1.82, 2.24) is 16.2 Å². The van der Waals surface area contributed by atoms with Crippen molar-refractivity contribution in [2.24, 2.45) is 11.7 Å². The summed E-state index contributed by atoms with van der Waals surface area (Å²) in [4.78, 5) is 37.2. The number of alkyl carbamates (subject to hydrolysis) is 1. The van der Waals surface area contributed by atoms with Crippen molar-refractivity contribution in [3.8, 4) is 0 Å². The summed E-state index contributed by atoms with van der Waals surface area (Å²) in [5.41, 5.74) is 11.6. The summed E-state index contributed by atoms with van der Waals surface area (Å²) < 4.78 is 5.30. The first-order valence-corrected chi connectivity index (χ1v) is 11.0. The van der Waals surface area contributed by atoms with E-state index in [1.54, 1.807) is 20.8 Å². The Morgan fingerprint density at radius 1 is 1.03 bits per heavy atom. The Hall–Kier alpha value is -2.61. The maximum absolute atomic E-state index is 12.7. The molecule has 1 aromatic carbocycles. The van der Waals surface area contributed by atoms with Gasteiger partial charge in [0.1, 0.15) is 11.6 Å². The predicted octanol–water partition coefficient (Wildman–Crippen LogP) is 2.70. The number of hydrazine groups is 1. The first-order chi connectivity index (χ1) is 14.7. The van der Waals surface area contributed by atoms with Crippen molar-refractivity contribution in [3.05, 3.63) is 35.4 Å². The molecule has 8 heteroatoms. The number of rotatable bonds is 7. The maximum atomic E-state index is 12.7. The molecule has 0 spiro atoms. The van der Waals surface area contributed by atoms with Crippen molar-refractivity contribution in [2.75, 3.05) is 0 Å². The lowest BCUT2D eigenvalue weighted by Gasteiger charge is -2.27. The van der Waals surface area contributed by atoms with Gasteiger partial charge in [-0.1, -0.05) is 56.4 Å². The second-order valence-electron chi connectivity index (χ2n) is 9.17.